The van der Waals surface area contributed by atoms with E-state index in [1.54, 1.807) is 0 Å². The molecule has 0 fully saturated rings. The lowest BCUT2D eigenvalue weighted by molar-refractivity contribution is -0.133. The number of carbonyl (C=O) groups excluding carboxylic acids is 1. The van der Waals surface area contributed by atoms with Crippen molar-refractivity contribution in [1.29, 1.82) is 0 Å². The molecule has 0 aromatic rings. The topological polar surface area (TPSA) is 49.6 Å². The van der Waals surface area contributed by atoms with Gasteiger partial charge in [0.15, 0.2) is 0 Å². The van der Waals surface area contributed by atoms with Crippen LogP contribution in [0.4, 0.5) is 0 Å². The highest BCUT2D eigenvalue weighted by Crippen LogP contribution is 2.06. The number of nitrogens with two attached hydrogens (primary N) is 1. The van der Waals surface area contributed by atoms with Crippen molar-refractivity contribution in [3.05, 3.63) is 0 Å². The summed E-state index contributed by atoms with van der Waals surface area (Å²) in [6.45, 7) is 8.84. The fourth-order valence-corrected chi connectivity index (χ4v) is 1.83. The van der Waals surface area contributed by atoms with Crippen LogP contribution in [-0.4, -0.2) is 55.5 Å². The van der Waals surface area contributed by atoms with Gasteiger partial charge in [-0.3, -0.25) is 4.79 Å². The molecule has 0 saturated heterocycles. The van der Waals surface area contributed by atoms with Crippen molar-refractivity contribution in [2.24, 2.45) is 11.7 Å². The Kier molecular flexibility index (Phi) is 9.02. The third-order valence-corrected chi connectivity index (χ3v) is 2.90. The number of nitrogens with zero attached hydrogens (tertiary/aromatic N) is 2. The summed E-state index contributed by atoms with van der Waals surface area (Å²) in [7, 11) is 4.05. The zero-order chi connectivity index (χ0) is 14.1. The lowest BCUT2D eigenvalue weighted by Crippen LogP contribution is -2.47. The first-order chi connectivity index (χ1) is 8.38. The van der Waals surface area contributed by atoms with Gasteiger partial charge in [-0.1, -0.05) is 33.6 Å². The van der Waals surface area contributed by atoms with E-state index in [1.807, 2.05) is 19.0 Å². The molecule has 0 saturated carbocycles. The highest BCUT2D eigenvalue weighted by Gasteiger charge is 2.21. The molecule has 0 aromatic heterocycles. The zero-order valence-electron chi connectivity index (χ0n) is 12.8. The molecule has 0 heterocycles. The Morgan fingerprint density at radius 1 is 1.22 bits per heavy atom. The maximum Gasteiger partial charge on any atom is 0.239 e. The van der Waals surface area contributed by atoms with E-state index in [9.17, 15) is 4.79 Å². The summed E-state index contributed by atoms with van der Waals surface area (Å²) in [5.41, 5.74) is 5.98. The molecule has 108 valence electrons. The third-order valence-electron chi connectivity index (χ3n) is 2.90. The molecule has 0 bridgehead atoms. The molecule has 0 aromatic carbocycles. The molecule has 2 N–H and O–H groups in total. The molecule has 18 heavy (non-hydrogen) atoms. The molecule has 0 unspecified atom stereocenters. The predicted molar refractivity (Wildman–Crippen MR) is 77.5 cm³/mol. The van der Waals surface area contributed by atoms with Crippen molar-refractivity contribution in [1.82, 2.24) is 9.80 Å². The Hall–Kier alpha value is -0.610. The van der Waals surface area contributed by atoms with Crippen LogP contribution in [0.3, 0.4) is 0 Å². The molecule has 4 nitrogen and oxygen atoms in total. The first-order valence-electron chi connectivity index (χ1n) is 7.07. The van der Waals surface area contributed by atoms with Crippen LogP contribution >= 0.6 is 0 Å². The molecule has 0 aliphatic heterocycles. The van der Waals surface area contributed by atoms with Crippen LogP contribution in [0.5, 0.6) is 0 Å². The van der Waals surface area contributed by atoms with Crippen molar-refractivity contribution >= 4 is 5.91 Å². The second kappa shape index (κ2) is 9.34. The van der Waals surface area contributed by atoms with E-state index >= 15 is 0 Å². The SMILES string of the molecule is CCCC[C@H](N)C(=O)N(CCN(C)C)CC(C)C. The lowest BCUT2D eigenvalue weighted by Gasteiger charge is -2.28. The fourth-order valence-electron chi connectivity index (χ4n) is 1.83. The van der Waals surface area contributed by atoms with Gasteiger partial charge in [0.05, 0.1) is 6.04 Å². The van der Waals surface area contributed by atoms with Crippen LogP contribution in [-0.2, 0) is 4.79 Å². The van der Waals surface area contributed by atoms with Gasteiger partial charge in [-0.05, 0) is 26.4 Å². The van der Waals surface area contributed by atoms with Gasteiger partial charge < -0.3 is 15.5 Å². The van der Waals surface area contributed by atoms with Crippen LogP contribution in [0.1, 0.15) is 40.0 Å². The maximum atomic E-state index is 12.3. The van der Waals surface area contributed by atoms with Gasteiger partial charge in [0.1, 0.15) is 0 Å². The molecule has 0 aliphatic carbocycles. The normalized spacial score (nSPS) is 13.1. The number of rotatable bonds is 9. The Labute approximate surface area is 113 Å². The quantitative estimate of drug-likeness (QED) is 0.682. The fraction of sp³-hybridized carbons (Fsp3) is 0.929. The van der Waals surface area contributed by atoms with Crippen molar-refractivity contribution in [3.63, 3.8) is 0 Å². The van der Waals surface area contributed by atoms with Crippen molar-refractivity contribution in [2.45, 2.75) is 46.1 Å². The zero-order valence-corrected chi connectivity index (χ0v) is 12.8. The second-order valence-electron chi connectivity index (χ2n) is 5.73. The Bertz CT molecular complexity index is 229. The minimum Gasteiger partial charge on any atom is -0.340 e. The van der Waals surface area contributed by atoms with E-state index in [0.717, 1.165) is 38.9 Å². The standard InChI is InChI=1S/C14H31N3O/c1-6-7-8-13(15)14(18)17(11-12(2)3)10-9-16(4)5/h12-13H,6-11,15H2,1-5H3/t13-/m0/s1. The molecule has 4 heteroatoms. The maximum absolute atomic E-state index is 12.3. The smallest absolute Gasteiger partial charge is 0.239 e. The average molecular weight is 257 g/mol. The number of amides is 1. The van der Waals surface area contributed by atoms with Crippen molar-refractivity contribution < 1.29 is 4.79 Å². The van der Waals surface area contributed by atoms with Crippen LogP contribution in [0.2, 0.25) is 0 Å². The lowest BCUT2D eigenvalue weighted by atomic mass is 10.1. The third kappa shape index (κ3) is 7.67. The van der Waals surface area contributed by atoms with Gasteiger partial charge in [0, 0.05) is 19.6 Å². The van der Waals surface area contributed by atoms with Crippen LogP contribution in [0.15, 0.2) is 0 Å². The van der Waals surface area contributed by atoms with E-state index < -0.39 is 0 Å². The van der Waals surface area contributed by atoms with Crippen LogP contribution < -0.4 is 5.73 Å². The first kappa shape index (κ1) is 17.4. The second-order valence-corrected chi connectivity index (χ2v) is 5.73. The van der Waals surface area contributed by atoms with E-state index in [4.69, 9.17) is 5.73 Å². The highest BCUT2D eigenvalue weighted by molar-refractivity contribution is 5.81. The summed E-state index contributed by atoms with van der Waals surface area (Å²) in [5.74, 6) is 0.591. The van der Waals surface area contributed by atoms with E-state index in [1.165, 1.54) is 0 Å². The number of likely N-dealkylation sites (N-methyl/N-ethyl adjacent to an activating group) is 1. The molecule has 0 spiro atoms. The molecule has 0 aliphatic rings. The molecule has 0 radical (unpaired) electrons. The Morgan fingerprint density at radius 2 is 1.83 bits per heavy atom. The van der Waals surface area contributed by atoms with Gasteiger partial charge in [-0.15, -0.1) is 0 Å². The monoisotopic (exact) mass is 257 g/mol. The molecule has 1 atom stereocenters. The van der Waals surface area contributed by atoms with Gasteiger partial charge in [-0.25, -0.2) is 0 Å². The largest absolute Gasteiger partial charge is 0.340 e. The Morgan fingerprint density at radius 3 is 2.28 bits per heavy atom. The first-order valence-corrected chi connectivity index (χ1v) is 7.07. The van der Waals surface area contributed by atoms with Crippen molar-refractivity contribution in [3.8, 4) is 0 Å². The summed E-state index contributed by atoms with van der Waals surface area (Å²) < 4.78 is 0. The van der Waals surface area contributed by atoms with E-state index in [0.29, 0.717) is 5.92 Å². The van der Waals surface area contributed by atoms with Gasteiger partial charge in [0.2, 0.25) is 5.91 Å². The van der Waals surface area contributed by atoms with Gasteiger partial charge >= 0.3 is 0 Å². The number of carbonyl (C=O) groups is 1. The van der Waals surface area contributed by atoms with E-state index in [-0.39, 0.29) is 11.9 Å². The van der Waals surface area contributed by atoms with Crippen LogP contribution in [0.25, 0.3) is 0 Å². The molecular weight excluding hydrogens is 226 g/mol. The molecule has 0 rings (SSSR count). The Balaban J connectivity index is 4.37. The highest BCUT2D eigenvalue weighted by atomic mass is 16.2. The number of unbranched alkanes of at least 4 members (excludes halogenated alkanes) is 1. The van der Waals surface area contributed by atoms with E-state index in [2.05, 4.69) is 25.7 Å². The number of hydrogen-bond donors (Lipinski definition) is 1. The van der Waals surface area contributed by atoms with Crippen molar-refractivity contribution in [2.75, 3.05) is 33.7 Å². The summed E-state index contributed by atoms with van der Waals surface area (Å²) in [5, 5.41) is 0. The molecular formula is C14H31N3O. The van der Waals surface area contributed by atoms with Gasteiger partial charge in [-0.2, -0.15) is 0 Å². The van der Waals surface area contributed by atoms with Crippen LogP contribution in [0, 0.1) is 5.92 Å². The number of hydrogen-bond acceptors (Lipinski definition) is 3. The summed E-state index contributed by atoms with van der Waals surface area (Å²) >= 11 is 0. The summed E-state index contributed by atoms with van der Waals surface area (Å²) in [6.07, 6.45) is 2.91. The summed E-state index contributed by atoms with van der Waals surface area (Å²) in [4.78, 5) is 16.3. The molecule has 1 amide bonds. The average Bonchev–Trinajstić information content (AvgIpc) is 2.29. The summed E-state index contributed by atoms with van der Waals surface area (Å²) in [6, 6.07) is -0.328. The minimum atomic E-state index is -0.328. The predicted octanol–water partition coefficient (Wildman–Crippen LogP) is 1.55. The van der Waals surface area contributed by atoms with Gasteiger partial charge in [0.25, 0.3) is 0 Å². The minimum absolute atomic E-state index is 0.110.